The molecule has 0 aliphatic heterocycles. The van der Waals surface area contributed by atoms with E-state index in [0.717, 1.165) is 0 Å². The molecular formula is C20H21F2NO6. The molecule has 0 fully saturated rings. The Kier molecular flexibility index (Phi) is 7.76. The molecule has 7 nitrogen and oxygen atoms in total. The number of hydrogen-bond acceptors (Lipinski definition) is 6. The molecule has 0 aliphatic rings. The van der Waals surface area contributed by atoms with Gasteiger partial charge in [-0.3, -0.25) is 4.79 Å². The number of para-hydroxylation sites is 2. The maximum atomic E-state index is 12.5. The Labute approximate surface area is 166 Å². The molecule has 0 saturated carbocycles. The van der Waals surface area contributed by atoms with Crippen molar-refractivity contribution in [1.29, 1.82) is 0 Å². The van der Waals surface area contributed by atoms with Gasteiger partial charge in [0.25, 0.3) is 5.91 Å². The van der Waals surface area contributed by atoms with Crippen LogP contribution < -0.4 is 19.5 Å². The van der Waals surface area contributed by atoms with Crippen LogP contribution in [0.1, 0.15) is 24.2 Å². The van der Waals surface area contributed by atoms with Gasteiger partial charge in [0, 0.05) is 0 Å². The van der Waals surface area contributed by atoms with Crippen molar-refractivity contribution >= 4 is 17.6 Å². The quantitative estimate of drug-likeness (QED) is 0.633. The van der Waals surface area contributed by atoms with Crippen LogP contribution in [0.3, 0.4) is 0 Å². The lowest BCUT2D eigenvalue weighted by atomic mass is 10.2. The normalized spacial score (nSPS) is 11.5. The van der Waals surface area contributed by atoms with Gasteiger partial charge in [0.2, 0.25) is 0 Å². The summed E-state index contributed by atoms with van der Waals surface area (Å²) in [7, 11) is 1.43. The van der Waals surface area contributed by atoms with E-state index in [0.29, 0.717) is 18.1 Å². The Morgan fingerprint density at radius 1 is 1.07 bits per heavy atom. The minimum absolute atomic E-state index is 0.0310. The van der Waals surface area contributed by atoms with Crippen molar-refractivity contribution in [3.05, 3.63) is 48.0 Å². The van der Waals surface area contributed by atoms with Crippen molar-refractivity contribution in [2.45, 2.75) is 26.6 Å². The van der Waals surface area contributed by atoms with Gasteiger partial charge in [0.1, 0.15) is 5.75 Å². The fourth-order valence-electron chi connectivity index (χ4n) is 2.35. The fraction of sp³-hybridized carbons (Fsp3) is 0.300. The zero-order valence-electron chi connectivity index (χ0n) is 16.1. The van der Waals surface area contributed by atoms with E-state index in [4.69, 9.17) is 14.2 Å². The molecule has 0 spiro atoms. The average Bonchev–Trinajstić information content (AvgIpc) is 2.69. The average molecular weight is 409 g/mol. The van der Waals surface area contributed by atoms with Crippen LogP contribution in [0.2, 0.25) is 0 Å². The number of amides is 1. The van der Waals surface area contributed by atoms with Gasteiger partial charge in [0.05, 0.1) is 25.0 Å². The van der Waals surface area contributed by atoms with Crippen molar-refractivity contribution in [1.82, 2.24) is 0 Å². The van der Waals surface area contributed by atoms with E-state index < -0.39 is 24.6 Å². The lowest BCUT2D eigenvalue weighted by molar-refractivity contribution is -0.123. The van der Waals surface area contributed by atoms with Crippen molar-refractivity contribution < 1.29 is 37.3 Å². The van der Waals surface area contributed by atoms with Gasteiger partial charge in [-0.2, -0.15) is 8.78 Å². The number of carbonyl (C=O) groups excluding carboxylic acids is 2. The first kappa shape index (κ1) is 21.9. The molecule has 0 bridgehead atoms. The molecule has 1 atom stereocenters. The van der Waals surface area contributed by atoms with Crippen LogP contribution in [-0.4, -0.2) is 38.3 Å². The first-order valence-corrected chi connectivity index (χ1v) is 8.72. The van der Waals surface area contributed by atoms with Crippen molar-refractivity contribution in [3.8, 4) is 17.2 Å². The number of methoxy groups -OCH3 is 1. The minimum Gasteiger partial charge on any atom is -0.493 e. The summed E-state index contributed by atoms with van der Waals surface area (Å²) in [6.07, 6.45) is -1.19. The molecule has 2 aromatic carbocycles. The number of alkyl halides is 2. The molecule has 0 unspecified atom stereocenters. The smallest absolute Gasteiger partial charge is 0.387 e. The van der Waals surface area contributed by atoms with Crippen LogP contribution in [0.4, 0.5) is 14.5 Å². The van der Waals surface area contributed by atoms with Gasteiger partial charge < -0.3 is 24.3 Å². The molecule has 156 valence electrons. The summed E-state index contributed by atoms with van der Waals surface area (Å²) in [5, 5.41) is 2.40. The minimum atomic E-state index is -3.04. The summed E-state index contributed by atoms with van der Waals surface area (Å²) in [6, 6.07) is 10.2. The summed E-state index contributed by atoms with van der Waals surface area (Å²) in [6.45, 7) is 0.550. The maximum Gasteiger partial charge on any atom is 0.387 e. The SMILES string of the molecule is CCOc1ccc(C(=O)O[C@H](C)C(=O)Nc2ccccc2OC(F)F)cc1OC. The molecule has 29 heavy (non-hydrogen) atoms. The van der Waals surface area contributed by atoms with E-state index >= 15 is 0 Å². The Balaban J connectivity index is 2.05. The zero-order chi connectivity index (χ0) is 21.4. The monoisotopic (exact) mass is 409 g/mol. The highest BCUT2D eigenvalue weighted by atomic mass is 19.3. The van der Waals surface area contributed by atoms with Crippen LogP contribution in [-0.2, 0) is 9.53 Å². The molecule has 1 amide bonds. The predicted molar refractivity (Wildman–Crippen MR) is 101 cm³/mol. The number of nitrogens with one attached hydrogen (secondary N) is 1. The topological polar surface area (TPSA) is 83.1 Å². The first-order valence-electron chi connectivity index (χ1n) is 8.72. The lowest BCUT2D eigenvalue weighted by Crippen LogP contribution is -2.30. The second-order valence-corrected chi connectivity index (χ2v) is 5.71. The Bertz CT molecular complexity index is 859. The van der Waals surface area contributed by atoms with E-state index in [1.807, 2.05) is 6.92 Å². The molecule has 2 aromatic rings. The number of halogens is 2. The number of esters is 1. The van der Waals surface area contributed by atoms with E-state index in [9.17, 15) is 18.4 Å². The van der Waals surface area contributed by atoms with Gasteiger partial charge in [-0.15, -0.1) is 0 Å². The van der Waals surface area contributed by atoms with Crippen molar-refractivity contribution in [2.24, 2.45) is 0 Å². The summed E-state index contributed by atoms with van der Waals surface area (Å²) >= 11 is 0. The first-order chi connectivity index (χ1) is 13.8. The second kappa shape index (κ2) is 10.3. The largest absolute Gasteiger partial charge is 0.493 e. The molecule has 9 heteroatoms. The van der Waals surface area contributed by atoms with E-state index in [1.165, 1.54) is 50.4 Å². The molecule has 0 aliphatic carbocycles. The Morgan fingerprint density at radius 3 is 2.45 bits per heavy atom. The Hall–Kier alpha value is -3.36. The molecule has 0 heterocycles. The van der Waals surface area contributed by atoms with Crippen molar-refractivity contribution in [3.63, 3.8) is 0 Å². The third-order valence-electron chi connectivity index (χ3n) is 3.71. The van der Waals surface area contributed by atoms with E-state index in [2.05, 4.69) is 10.1 Å². The number of ether oxygens (including phenoxy) is 4. The predicted octanol–water partition coefficient (Wildman–Crippen LogP) is 3.88. The third kappa shape index (κ3) is 6.06. The van der Waals surface area contributed by atoms with Gasteiger partial charge in [-0.25, -0.2) is 4.79 Å². The van der Waals surface area contributed by atoms with E-state index in [-0.39, 0.29) is 17.0 Å². The summed E-state index contributed by atoms with van der Waals surface area (Å²) in [5.41, 5.74) is 0.190. The van der Waals surface area contributed by atoms with Gasteiger partial charge in [0.15, 0.2) is 17.6 Å². The number of hydrogen-bond donors (Lipinski definition) is 1. The third-order valence-corrected chi connectivity index (χ3v) is 3.71. The highest BCUT2D eigenvalue weighted by Crippen LogP contribution is 2.29. The molecule has 0 aromatic heterocycles. The molecular weight excluding hydrogens is 388 g/mol. The van der Waals surface area contributed by atoms with Gasteiger partial charge in [-0.05, 0) is 44.2 Å². The van der Waals surface area contributed by atoms with Crippen LogP contribution >= 0.6 is 0 Å². The summed E-state index contributed by atoms with van der Waals surface area (Å²) in [4.78, 5) is 24.6. The maximum absolute atomic E-state index is 12.5. The van der Waals surface area contributed by atoms with Crippen LogP contribution in [0.15, 0.2) is 42.5 Å². The van der Waals surface area contributed by atoms with Crippen LogP contribution in [0, 0.1) is 0 Å². The number of anilines is 1. The molecule has 2 rings (SSSR count). The molecule has 0 radical (unpaired) electrons. The molecule has 1 N–H and O–H groups in total. The van der Waals surface area contributed by atoms with Crippen molar-refractivity contribution in [2.75, 3.05) is 19.0 Å². The van der Waals surface area contributed by atoms with Crippen LogP contribution in [0.25, 0.3) is 0 Å². The van der Waals surface area contributed by atoms with Crippen LogP contribution in [0.5, 0.6) is 17.2 Å². The van der Waals surface area contributed by atoms with E-state index in [1.54, 1.807) is 6.07 Å². The summed E-state index contributed by atoms with van der Waals surface area (Å²) in [5.74, 6) is -0.859. The standard InChI is InChI=1S/C20H21F2NO6/c1-4-27-16-10-9-13(11-17(16)26-3)19(25)28-12(2)18(24)23-14-7-5-6-8-15(14)29-20(21)22/h5-12,20H,4H2,1-3H3,(H,23,24)/t12-/m1/s1. The molecule has 0 saturated heterocycles. The van der Waals surface area contributed by atoms with Gasteiger partial charge >= 0.3 is 12.6 Å². The number of rotatable bonds is 9. The van der Waals surface area contributed by atoms with Gasteiger partial charge in [-0.1, -0.05) is 12.1 Å². The highest BCUT2D eigenvalue weighted by molar-refractivity contribution is 5.98. The number of carbonyl (C=O) groups is 2. The second-order valence-electron chi connectivity index (χ2n) is 5.71. The summed E-state index contributed by atoms with van der Waals surface area (Å²) < 4.78 is 45.0. The Morgan fingerprint density at radius 2 is 1.79 bits per heavy atom. The zero-order valence-corrected chi connectivity index (χ0v) is 16.1. The fourth-order valence-corrected chi connectivity index (χ4v) is 2.35. The highest BCUT2D eigenvalue weighted by Gasteiger charge is 2.21. The lowest BCUT2D eigenvalue weighted by Gasteiger charge is -2.16. The number of benzene rings is 2.